The highest BCUT2D eigenvalue weighted by atomic mass is 32.2. The van der Waals surface area contributed by atoms with Crippen molar-refractivity contribution in [3.05, 3.63) is 52.3 Å². The Kier molecular flexibility index (Phi) is 4.00. The zero-order chi connectivity index (χ0) is 15.9. The summed E-state index contributed by atoms with van der Waals surface area (Å²) in [5.74, 6) is 1.07. The average Bonchev–Trinajstić information content (AvgIpc) is 3.05. The van der Waals surface area contributed by atoms with Crippen LogP contribution in [0.25, 0.3) is 0 Å². The molecule has 0 saturated carbocycles. The molecule has 1 saturated heterocycles. The number of rotatable bonds is 2. The quantitative estimate of drug-likeness (QED) is 0.854. The topological polar surface area (TPSA) is 38.1 Å². The Morgan fingerprint density at radius 3 is 2.50 bits per heavy atom. The molecule has 1 amide bonds. The molecule has 1 aromatic heterocycles. The lowest BCUT2D eigenvalue weighted by Crippen LogP contribution is -2.31. The van der Waals surface area contributed by atoms with Gasteiger partial charge in [-0.05, 0) is 26.3 Å². The van der Waals surface area contributed by atoms with Gasteiger partial charge in [0.2, 0.25) is 0 Å². The molecule has 0 radical (unpaired) electrons. The average molecular weight is 315 g/mol. The Labute approximate surface area is 135 Å². The Morgan fingerprint density at radius 2 is 1.91 bits per heavy atom. The fraction of sp³-hybridized carbons (Fsp3) is 0.412. The number of nitrogens with zero attached hydrogens (tertiary/aromatic N) is 3. The number of hydrogen-bond donors (Lipinski definition) is 0. The first-order valence-electron chi connectivity index (χ1n) is 7.48. The van der Waals surface area contributed by atoms with Gasteiger partial charge in [0, 0.05) is 25.0 Å². The summed E-state index contributed by atoms with van der Waals surface area (Å²) < 4.78 is 1.78. The van der Waals surface area contributed by atoms with Crippen molar-refractivity contribution in [2.45, 2.75) is 26.1 Å². The number of thioether (sulfide) groups is 1. The van der Waals surface area contributed by atoms with Crippen LogP contribution in [0, 0.1) is 20.8 Å². The van der Waals surface area contributed by atoms with Crippen LogP contribution in [-0.2, 0) is 7.05 Å². The van der Waals surface area contributed by atoms with Crippen LogP contribution >= 0.6 is 11.8 Å². The first-order chi connectivity index (χ1) is 10.5. The highest BCUT2D eigenvalue weighted by molar-refractivity contribution is 7.99. The number of carbonyl (C=O) groups is 1. The molecule has 1 atom stereocenters. The molecule has 0 bridgehead atoms. The molecule has 1 unspecified atom stereocenters. The van der Waals surface area contributed by atoms with E-state index in [2.05, 4.69) is 36.3 Å². The van der Waals surface area contributed by atoms with E-state index < -0.39 is 0 Å². The lowest BCUT2D eigenvalue weighted by molar-refractivity contribution is 0.0758. The minimum Gasteiger partial charge on any atom is -0.322 e. The van der Waals surface area contributed by atoms with Crippen LogP contribution in [0.5, 0.6) is 0 Å². The molecular formula is C17H21N3OS. The van der Waals surface area contributed by atoms with E-state index in [1.807, 2.05) is 37.6 Å². The number of aromatic nitrogens is 2. The first-order valence-corrected chi connectivity index (χ1v) is 8.53. The summed E-state index contributed by atoms with van der Waals surface area (Å²) in [6, 6.07) is 8.47. The normalized spacial score (nSPS) is 18.0. The molecule has 0 spiro atoms. The molecule has 1 aromatic carbocycles. The van der Waals surface area contributed by atoms with Gasteiger partial charge in [-0.1, -0.05) is 29.8 Å². The minimum absolute atomic E-state index is 0.0960. The van der Waals surface area contributed by atoms with Crippen molar-refractivity contribution in [3.63, 3.8) is 0 Å². The Morgan fingerprint density at radius 1 is 1.23 bits per heavy atom. The van der Waals surface area contributed by atoms with Crippen molar-refractivity contribution < 1.29 is 4.79 Å². The maximum absolute atomic E-state index is 13.0. The van der Waals surface area contributed by atoms with Crippen LogP contribution < -0.4 is 0 Å². The van der Waals surface area contributed by atoms with Crippen molar-refractivity contribution in [2.75, 3.05) is 12.3 Å². The number of aryl methyl sites for hydroxylation is 3. The van der Waals surface area contributed by atoms with Crippen LogP contribution in [0.15, 0.2) is 24.3 Å². The van der Waals surface area contributed by atoms with Gasteiger partial charge >= 0.3 is 0 Å². The van der Waals surface area contributed by atoms with E-state index in [0.29, 0.717) is 0 Å². The van der Waals surface area contributed by atoms with E-state index in [0.717, 1.165) is 29.2 Å². The third kappa shape index (κ3) is 2.54. The summed E-state index contributed by atoms with van der Waals surface area (Å²) in [5.41, 5.74) is 4.93. The molecule has 1 aliphatic rings. The van der Waals surface area contributed by atoms with Crippen molar-refractivity contribution in [2.24, 2.45) is 7.05 Å². The molecule has 0 aliphatic carbocycles. The summed E-state index contributed by atoms with van der Waals surface area (Å²) >= 11 is 1.83. The monoisotopic (exact) mass is 315 g/mol. The van der Waals surface area contributed by atoms with Gasteiger partial charge in [-0.2, -0.15) is 5.10 Å². The van der Waals surface area contributed by atoms with Crippen LogP contribution in [-0.4, -0.2) is 32.9 Å². The highest BCUT2D eigenvalue weighted by Crippen LogP contribution is 2.39. The van der Waals surface area contributed by atoms with Crippen LogP contribution in [0.2, 0.25) is 0 Å². The highest BCUT2D eigenvalue weighted by Gasteiger charge is 2.33. The van der Waals surface area contributed by atoms with E-state index in [1.165, 1.54) is 11.1 Å². The predicted octanol–water partition coefficient (Wildman–Crippen LogP) is 3.23. The van der Waals surface area contributed by atoms with Crippen molar-refractivity contribution in [1.82, 2.24) is 14.7 Å². The van der Waals surface area contributed by atoms with E-state index in [9.17, 15) is 4.79 Å². The van der Waals surface area contributed by atoms with Crippen molar-refractivity contribution in [3.8, 4) is 0 Å². The molecule has 2 heterocycles. The Hall–Kier alpha value is -1.75. The molecule has 5 heteroatoms. The molecule has 2 aromatic rings. The molecule has 3 rings (SSSR count). The largest absolute Gasteiger partial charge is 0.322 e. The lowest BCUT2D eigenvalue weighted by atomic mass is 10.1. The van der Waals surface area contributed by atoms with E-state index >= 15 is 0 Å². The standard InChI is InChI=1S/C17H21N3OS/c1-11-5-7-14(8-6-11)17-20(9-10-22-17)16(21)15-12(2)18-19(4)13(15)3/h5-8,17H,9-10H2,1-4H3. The van der Waals surface area contributed by atoms with Crippen molar-refractivity contribution in [1.29, 1.82) is 0 Å². The summed E-state index contributed by atoms with van der Waals surface area (Å²) in [5, 5.41) is 4.48. The summed E-state index contributed by atoms with van der Waals surface area (Å²) in [7, 11) is 1.88. The van der Waals surface area contributed by atoms with Gasteiger partial charge < -0.3 is 4.90 Å². The van der Waals surface area contributed by atoms with E-state index in [1.54, 1.807) is 4.68 Å². The second-order valence-corrected chi connectivity index (χ2v) is 6.99. The molecule has 22 heavy (non-hydrogen) atoms. The zero-order valence-electron chi connectivity index (χ0n) is 13.5. The third-order valence-corrected chi connectivity index (χ3v) is 5.50. The fourth-order valence-corrected chi connectivity index (χ4v) is 4.17. The molecule has 116 valence electrons. The second kappa shape index (κ2) is 5.80. The molecule has 1 aliphatic heterocycles. The smallest absolute Gasteiger partial charge is 0.258 e. The fourth-order valence-electron chi connectivity index (χ4n) is 2.91. The van der Waals surface area contributed by atoms with Crippen LogP contribution in [0.1, 0.15) is 38.2 Å². The van der Waals surface area contributed by atoms with Crippen LogP contribution in [0.4, 0.5) is 0 Å². The summed E-state index contributed by atoms with van der Waals surface area (Å²) in [6.07, 6.45) is 0. The maximum Gasteiger partial charge on any atom is 0.258 e. The third-order valence-electron chi connectivity index (χ3n) is 4.24. The van der Waals surface area contributed by atoms with Gasteiger partial charge in [0.15, 0.2) is 0 Å². The summed E-state index contributed by atoms with van der Waals surface area (Å²) in [6.45, 7) is 6.73. The molecule has 4 nitrogen and oxygen atoms in total. The number of benzene rings is 1. The maximum atomic E-state index is 13.0. The van der Waals surface area contributed by atoms with Gasteiger partial charge in [0.1, 0.15) is 5.37 Å². The van der Waals surface area contributed by atoms with Crippen molar-refractivity contribution >= 4 is 17.7 Å². The SMILES string of the molecule is Cc1ccc(C2SCCN2C(=O)c2c(C)nn(C)c2C)cc1. The van der Waals surface area contributed by atoms with Gasteiger partial charge in [-0.25, -0.2) is 0 Å². The van der Waals surface area contributed by atoms with Gasteiger partial charge in [0.05, 0.1) is 11.3 Å². The molecule has 1 fully saturated rings. The van der Waals surface area contributed by atoms with Crippen LogP contribution in [0.3, 0.4) is 0 Å². The van der Waals surface area contributed by atoms with Gasteiger partial charge in [-0.3, -0.25) is 9.48 Å². The van der Waals surface area contributed by atoms with Gasteiger partial charge in [-0.15, -0.1) is 11.8 Å². The Balaban J connectivity index is 1.92. The van der Waals surface area contributed by atoms with Gasteiger partial charge in [0.25, 0.3) is 5.91 Å². The zero-order valence-corrected chi connectivity index (χ0v) is 14.3. The Bertz CT molecular complexity index is 705. The molecular weight excluding hydrogens is 294 g/mol. The number of hydrogen-bond acceptors (Lipinski definition) is 3. The molecule has 0 N–H and O–H groups in total. The van der Waals surface area contributed by atoms with E-state index in [-0.39, 0.29) is 11.3 Å². The first kappa shape index (κ1) is 15.2. The minimum atomic E-state index is 0.0960. The lowest BCUT2D eigenvalue weighted by Gasteiger charge is -2.24. The number of amides is 1. The number of carbonyl (C=O) groups excluding carboxylic acids is 1. The second-order valence-electron chi connectivity index (χ2n) is 5.80. The summed E-state index contributed by atoms with van der Waals surface area (Å²) in [4.78, 5) is 15.0. The predicted molar refractivity (Wildman–Crippen MR) is 90.1 cm³/mol. The van der Waals surface area contributed by atoms with E-state index in [4.69, 9.17) is 0 Å².